The number of unbranched alkanes of at least 4 members (excludes halogenated alkanes) is 1. The molecule has 9 heteroatoms. The van der Waals surface area contributed by atoms with Crippen LogP contribution in [0.4, 0.5) is 11.5 Å². The monoisotopic (exact) mass is 415 g/mol. The average molecular weight is 416 g/mol. The zero-order valence-electron chi connectivity index (χ0n) is 16.8. The largest absolute Gasteiger partial charge is 0.383 e. The molecule has 1 aromatic carbocycles. The van der Waals surface area contributed by atoms with Crippen LogP contribution in [0.2, 0.25) is 0 Å². The Bertz CT molecular complexity index is 1140. The van der Waals surface area contributed by atoms with Crippen molar-refractivity contribution in [1.29, 1.82) is 0 Å². The lowest BCUT2D eigenvalue weighted by Crippen LogP contribution is -2.42. The third-order valence-corrected chi connectivity index (χ3v) is 5.38. The summed E-state index contributed by atoms with van der Waals surface area (Å²) < 4.78 is 2.21. The molecule has 0 aliphatic carbocycles. The summed E-state index contributed by atoms with van der Waals surface area (Å²) in [7, 11) is 0. The summed E-state index contributed by atoms with van der Waals surface area (Å²) >= 11 is 1.44. The fourth-order valence-corrected chi connectivity index (χ4v) is 3.88. The van der Waals surface area contributed by atoms with E-state index < -0.39 is 11.2 Å². The van der Waals surface area contributed by atoms with Crippen LogP contribution >= 0.6 is 11.3 Å². The first-order valence-corrected chi connectivity index (χ1v) is 10.5. The number of H-pyrrole nitrogens is 1. The Hall–Kier alpha value is -2.94. The number of thiazole rings is 1. The van der Waals surface area contributed by atoms with Crippen LogP contribution in [-0.4, -0.2) is 27.0 Å². The molecule has 0 aliphatic heterocycles. The molecule has 0 saturated heterocycles. The van der Waals surface area contributed by atoms with Gasteiger partial charge in [-0.25, -0.2) is 9.78 Å². The number of aromatic nitrogens is 3. The standard InChI is InChI=1S/C20H25N5O3S/c1-4-5-8-24(19(27)13-6-7-14-15(9-13)29-11-22-14)16-17(21)25(10-12(2)3)20(28)23-18(16)26/h6-7,9,11-12H,4-5,8,10,21H2,1-3H3,(H,23,26,28). The molecule has 0 unspecified atom stereocenters. The van der Waals surface area contributed by atoms with Gasteiger partial charge in [0.05, 0.1) is 15.7 Å². The van der Waals surface area contributed by atoms with Crippen molar-refractivity contribution in [2.75, 3.05) is 17.2 Å². The summed E-state index contributed by atoms with van der Waals surface area (Å²) in [5.74, 6) is -0.182. The summed E-state index contributed by atoms with van der Waals surface area (Å²) in [6.07, 6.45) is 1.53. The van der Waals surface area contributed by atoms with Crippen LogP contribution in [0.15, 0.2) is 33.3 Å². The van der Waals surface area contributed by atoms with Gasteiger partial charge < -0.3 is 10.6 Å². The number of amides is 1. The third-order valence-electron chi connectivity index (χ3n) is 4.59. The molecule has 8 nitrogen and oxygen atoms in total. The van der Waals surface area contributed by atoms with E-state index in [9.17, 15) is 14.4 Å². The van der Waals surface area contributed by atoms with Crippen LogP contribution in [-0.2, 0) is 6.54 Å². The number of anilines is 2. The van der Waals surface area contributed by atoms with Gasteiger partial charge in [-0.2, -0.15) is 0 Å². The van der Waals surface area contributed by atoms with E-state index in [0.717, 1.165) is 16.6 Å². The minimum absolute atomic E-state index is 0.00997. The molecule has 2 heterocycles. The van der Waals surface area contributed by atoms with Crippen LogP contribution in [0.3, 0.4) is 0 Å². The third kappa shape index (κ3) is 4.24. The number of nitrogens with two attached hydrogens (primary N) is 1. The van der Waals surface area contributed by atoms with E-state index in [1.54, 1.807) is 23.7 Å². The number of carbonyl (C=O) groups excluding carboxylic acids is 1. The quantitative estimate of drug-likeness (QED) is 0.616. The molecule has 29 heavy (non-hydrogen) atoms. The van der Waals surface area contributed by atoms with Gasteiger partial charge in [0.15, 0.2) is 5.69 Å². The molecule has 3 rings (SSSR count). The van der Waals surface area contributed by atoms with E-state index in [1.807, 2.05) is 20.8 Å². The lowest BCUT2D eigenvalue weighted by molar-refractivity contribution is 0.0986. The molecule has 0 spiro atoms. The Kier molecular flexibility index (Phi) is 6.17. The molecule has 154 valence electrons. The highest BCUT2D eigenvalue weighted by molar-refractivity contribution is 7.16. The van der Waals surface area contributed by atoms with E-state index >= 15 is 0 Å². The molecule has 0 atom stereocenters. The van der Waals surface area contributed by atoms with Crippen molar-refractivity contribution in [2.45, 2.75) is 40.2 Å². The van der Waals surface area contributed by atoms with Gasteiger partial charge in [-0.15, -0.1) is 11.3 Å². The molecule has 0 bridgehead atoms. The smallest absolute Gasteiger partial charge is 0.330 e. The first kappa shape index (κ1) is 20.8. The van der Waals surface area contributed by atoms with Crippen molar-refractivity contribution < 1.29 is 4.79 Å². The fourth-order valence-electron chi connectivity index (χ4n) is 3.16. The predicted octanol–water partition coefficient (Wildman–Crippen LogP) is 2.83. The molecule has 0 saturated carbocycles. The second-order valence-electron chi connectivity index (χ2n) is 7.34. The van der Waals surface area contributed by atoms with Gasteiger partial charge in [0.25, 0.3) is 11.5 Å². The zero-order chi connectivity index (χ0) is 21.1. The summed E-state index contributed by atoms with van der Waals surface area (Å²) in [5.41, 5.74) is 8.01. The summed E-state index contributed by atoms with van der Waals surface area (Å²) in [6.45, 7) is 6.56. The highest BCUT2D eigenvalue weighted by Crippen LogP contribution is 2.24. The van der Waals surface area contributed by atoms with E-state index in [4.69, 9.17) is 5.73 Å². The van der Waals surface area contributed by atoms with E-state index in [0.29, 0.717) is 25.1 Å². The summed E-state index contributed by atoms with van der Waals surface area (Å²) in [5, 5.41) is 0. The molecule has 2 aromatic heterocycles. The van der Waals surface area contributed by atoms with Crippen molar-refractivity contribution >= 4 is 39.0 Å². The molecular weight excluding hydrogens is 390 g/mol. The van der Waals surface area contributed by atoms with E-state index in [1.165, 1.54) is 20.8 Å². The minimum atomic E-state index is -0.657. The number of hydrogen-bond donors (Lipinski definition) is 2. The van der Waals surface area contributed by atoms with Crippen LogP contribution in [0.25, 0.3) is 10.2 Å². The van der Waals surface area contributed by atoms with Crippen molar-refractivity contribution in [1.82, 2.24) is 14.5 Å². The number of nitrogens with one attached hydrogen (secondary N) is 1. The number of carbonyl (C=O) groups is 1. The number of benzene rings is 1. The SMILES string of the molecule is CCCCN(C(=O)c1ccc2ncsc2c1)c1c(N)n(CC(C)C)c(=O)[nH]c1=O. The molecule has 1 amide bonds. The molecule has 0 aliphatic rings. The minimum Gasteiger partial charge on any atom is -0.383 e. The maximum absolute atomic E-state index is 13.4. The van der Waals surface area contributed by atoms with Crippen molar-refractivity contribution in [3.63, 3.8) is 0 Å². The lowest BCUT2D eigenvalue weighted by Gasteiger charge is -2.25. The number of nitrogen functional groups attached to an aromatic ring is 1. The number of hydrogen-bond acceptors (Lipinski definition) is 6. The molecular formula is C20H25N5O3S. The second kappa shape index (κ2) is 8.60. The van der Waals surface area contributed by atoms with Crippen LogP contribution in [0.1, 0.15) is 44.0 Å². The van der Waals surface area contributed by atoms with Crippen molar-refractivity contribution in [2.24, 2.45) is 5.92 Å². The molecule has 3 N–H and O–H groups in total. The maximum atomic E-state index is 13.4. The Balaban J connectivity index is 2.12. The van der Waals surface area contributed by atoms with Gasteiger partial charge >= 0.3 is 5.69 Å². The van der Waals surface area contributed by atoms with E-state index in [-0.39, 0.29) is 23.3 Å². The van der Waals surface area contributed by atoms with Crippen molar-refractivity contribution in [3.8, 4) is 0 Å². The lowest BCUT2D eigenvalue weighted by atomic mass is 10.1. The Morgan fingerprint density at radius 2 is 2.10 bits per heavy atom. The van der Waals surface area contributed by atoms with Crippen LogP contribution < -0.4 is 21.9 Å². The molecule has 0 radical (unpaired) electrons. The van der Waals surface area contributed by atoms with Gasteiger partial charge in [-0.3, -0.25) is 19.1 Å². The van der Waals surface area contributed by atoms with Gasteiger partial charge in [0.1, 0.15) is 5.82 Å². The number of aromatic amines is 1. The van der Waals surface area contributed by atoms with Gasteiger partial charge in [-0.1, -0.05) is 27.2 Å². The van der Waals surface area contributed by atoms with Gasteiger partial charge in [0, 0.05) is 18.7 Å². The Morgan fingerprint density at radius 1 is 1.34 bits per heavy atom. The van der Waals surface area contributed by atoms with Crippen molar-refractivity contribution in [3.05, 3.63) is 50.1 Å². The van der Waals surface area contributed by atoms with E-state index in [2.05, 4.69) is 9.97 Å². The highest BCUT2D eigenvalue weighted by atomic mass is 32.1. The molecule has 3 aromatic rings. The number of fused-ring (bicyclic) bond motifs is 1. The zero-order valence-corrected chi connectivity index (χ0v) is 17.6. The molecule has 0 fully saturated rings. The summed E-state index contributed by atoms with van der Waals surface area (Å²) in [6, 6.07) is 5.24. The predicted molar refractivity (Wildman–Crippen MR) is 117 cm³/mol. The Morgan fingerprint density at radius 3 is 2.79 bits per heavy atom. The Labute approximate surface area is 172 Å². The van der Waals surface area contributed by atoms with Gasteiger partial charge in [-0.05, 0) is 30.5 Å². The normalized spacial score (nSPS) is 11.3. The topological polar surface area (TPSA) is 114 Å². The maximum Gasteiger partial charge on any atom is 0.330 e. The average Bonchev–Trinajstić information content (AvgIpc) is 3.14. The van der Waals surface area contributed by atoms with Gasteiger partial charge in [0.2, 0.25) is 0 Å². The fraction of sp³-hybridized carbons (Fsp3) is 0.400. The second-order valence-corrected chi connectivity index (χ2v) is 8.23. The first-order chi connectivity index (χ1) is 13.8. The highest BCUT2D eigenvalue weighted by Gasteiger charge is 2.25. The number of nitrogens with zero attached hydrogens (tertiary/aromatic N) is 3. The van der Waals surface area contributed by atoms with Crippen LogP contribution in [0.5, 0.6) is 0 Å². The first-order valence-electron chi connectivity index (χ1n) is 9.61. The van der Waals surface area contributed by atoms with Crippen LogP contribution in [0, 0.1) is 5.92 Å². The summed E-state index contributed by atoms with van der Waals surface area (Å²) in [4.78, 5) is 46.2. The number of rotatable bonds is 7.